The van der Waals surface area contributed by atoms with E-state index in [2.05, 4.69) is 51.7 Å². The Morgan fingerprint density at radius 1 is 1.13 bits per heavy atom. The number of aromatic nitrogens is 3. The third-order valence-electron chi connectivity index (χ3n) is 6.00. The summed E-state index contributed by atoms with van der Waals surface area (Å²) in [6.07, 6.45) is 2.04. The molecule has 156 valence electrons. The fourth-order valence-corrected chi connectivity index (χ4v) is 4.20. The molecule has 6 heteroatoms. The fraction of sp³-hybridized carbons (Fsp3) is 0.375. The standard InChI is InChI=1S/C24H29N5O/c1-4-21(28-13-12-19-9-5-6-10-20(19)16-28)15-25-24(30)23-18(3)29(27-26-23)22-11-7-8-17(2)14-22/h5-11,14,21H,4,12-13,15-16H2,1-3H3,(H,25,30). The van der Waals surface area contributed by atoms with Crippen LogP contribution in [-0.2, 0) is 13.0 Å². The van der Waals surface area contributed by atoms with Crippen LogP contribution in [0.25, 0.3) is 5.69 Å². The van der Waals surface area contributed by atoms with Gasteiger partial charge in [-0.15, -0.1) is 5.10 Å². The molecule has 0 bridgehead atoms. The molecule has 4 rings (SSSR count). The molecule has 2 aromatic carbocycles. The Morgan fingerprint density at radius 3 is 2.70 bits per heavy atom. The largest absolute Gasteiger partial charge is 0.349 e. The van der Waals surface area contributed by atoms with Crippen molar-refractivity contribution in [2.24, 2.45) is 0 Å². The van der Waals surface area contributed by atoms with Crippen LogP contribution in [0, 0.1) is 13.8 Å². The van der Waals surface area contributed by atoms with E-state index in [4.69, 9.17) is 0 Å². The van der Waals surface area contributed by atoms with Gasteiger partial charge in [0.1, 0.15) is 0 Å². The van der Waals surface area contributed by atoms with Gasteiger partial charge in [-0.2, -0.15) is 0 Å². The molecule has 1 aromatic heterocycles. The van der Waals surface area contributed by atoms with E-state index in [9.17, 15) is 4.79 Å². The van der Waals surface area contributed by atoms with E-state index in [0.717, 1.165) is 42.9 Å². The van der Waals surface area contributed by atoms with Gasteiger partial charge in [-0.3, -0.25) is 9.69 Å². The summed E-state index contributed by atoms with van der Waals surface area (Å²) in [4.78, 5) is 15.3. The number of aryl methyl sites for hydroxylation is 1. The number of nitrogens with zero attached hydrogens (tertiary/aromatic N) is 4. The highest BCUT2D eigenvalue weighted by Crippen LogP contribution is 2.21. The van der Waals surface area contributed by atoms with Crippen LogP contribution in [-0.4, -0.2) is 44.9 Å². The van der Waals surface area contributed by atoms with Crippen molar-refractivity contribution in [3.05, 3.63) is 76.6 Å². The lowest BCUT2D eigenvalue weighted by Gasteiger charge is -2.35. The van der Waals surface area contributed by atoms with Crippen LogP contribution in [0.5, 0.6) is 0 Å². The van der Waals surface area contributed by atoms with E-state index in [1.54, 1.807) is 4.68 Å². The molecule has 1 N–H and O–H groups in total. The highest BCUT2D eigenvalue weighted by Gasteiger charge is 2.24. The van der Waals surface area contributed by atoms with Crippen molar-refractivity contribution in [3.63, 3.8) is 0 Å². The number of benzene rings is 2. The van der Waals surface area contributed by atoms with Crippen molar-refractivity contribution in [1.82, 2.24) is 25.2 Å². The number of carbonyl (C=O) groups is 1. The molecule has 30 heavy (non-hydrogen) atoms. The zero-order valence-corrected chi connectivity index (χ0v) is 17.9. The van der Waals surface area contributed by atoms with E-state index in [0.29, 0.717) is 18.3 Å². The number of nitrogens with one attached hydrogen (secondary N) is 1. The summed E-state index contributed by atoms with van der Waals surface area (Å²) in [5.41, 5.74) is 6.02. The molecular weight excluding hydrogens is 374 g/mol. The lowest BCUT2D eigenvalue weighted by molar-refractivity contribution is 0.0920. The molecule has 1 amide bonds. The Hall–Kier alpha value is -2.99. The van der Waals surface area contributed by atoms with Crippen LogP contribution in [0.1, 0.15) is 46.2 Å². The zero-order valence-electron chi connectivity index (χ0n) is 17.9. The Bertz CT molecular complexity index is 1040. The first kappa shape index (κ1) is 20.3. The van der Waals surface area contributed by atoms with Crippen molar-refractivity contribution < 1.29 is 4.79 Å². The van der Waals surface area contributed by atoms with Crippen LogP contribution in [0.15, 0.2) is 48.5 Å². The number of carbonyl (C=O) groups excluding carboxylic acids is 1. The molecule has 0 fully saturated rings. The van der Waals surface area contributed by atoms with Crippen LogP contribution < -0.4 is 5.32 Å². The molecular formula is C24H29N5O. The molecule has 6 nitrogen and oxygen atoms in total. The lowest BCUT2D eigenvalue weighted by Crippen LogP contribution is -2.45. The van der Waals surface area contributed by atoms with Gasteiger partial charge in [-0.1, -0.05) is 48.5 Å². The molecule has 1 atom stereocenters. The van der Waals surface area contributed by atoms with Gasteiger partial charge in [-0.25, -0.2) is 4.68 Å². The lowest BCUT2D eigenvalue weighted by atomic mass is 9.98. The summed E-state index contributed by atoms with van der Waals surface area (Å²) in [7, 11) is 0. The van der Waals surface area contributed by atoms with Gasteiger partial charge in [0.25, 0.3) is 5.91 Å². The van der Waals surface area contributed by atoms with Gasteiger partial charge in [0.05, 0.1) is 11.4 Å². The van der Waals surface area contributed by atoms with E-state index in [-0.39, 0.29) is 5.91 Å². The van der Waals surface area contributed by atoms with Crippen LogP contribution in [0.2, 0.25) is 0 Å². The first-order valence-corrected chi connectivity index (χ1v) is 10.6. The van der Waals surface area contributed by atoms with Crippen LogP contribution in [0.3, 0.4) is 0 Å². The second kappa shape index (κ2) is 8.79. The van der Waals surface area contributed by atoms with E-state index in [1.165, 1.54) is 11.1 Å². The number of hydrogen-bond acceptors (Lipinski definition) is 4. The third-order valence-corrected chi connectivity index (χ3v) is 6.00. The maximum absolute atomic E-state index is 12.8. The molecule has 0 saturated heterocycles. The quantitative estimate of drug-likeness (QED) is 0.685. The van der Waals surface area contributed by atoms with Crippen molar-refractivity contribution in [3.8, 4) is 5.69 Å². The van der Waals surface area contributed by atoms with E-state index in [1.807, 2.05) is 38.1 Å². The molecule has 0 saturated carbocycles. The number of amides is 1. The average molecular weight is 404 g/mol. The Labute approximate surface area is 177 Å². The predicted molar refractivity (Wildman–Crippen MR) is 118 cm³/mol. The van der Waals surface area contributed by atoms with E-state index >= 15 is 0 Å². The van der Waals surface area contributed by atoms with Gasteiger partial charge in [0, 0.05) is 25.7 Å². The topological polar surface area (TPSA) is 63.1 Å². The maximum atomic E-state index is 12.8. The second-order valence-corrected chi connectivity index (χ2v) is 8.04. The minimum atomic E-state index is -0.165. The molecule has 0 aliphatic carbocycles. The fourth-order valence-electron chi connectivity index (χ4n) is 4.20. The monoisotopic (exact) mass is 403 g/mol. The minimum Gasteiger partial charge on any atom is -0.349 e. The SMILES string of the molecule is CCC(CNC(=O)c1nnn(-c2cccc(C)c2)c1C)N1CCc2ccccc2C1. The van der Waals surface area contributed by atoms with Gasteiger partial charge >= 0.3 is 0 Å². The van der Waals surface area contributed by atoms with Crippen molar-refractivity contribution >= 4 is 5.91 Å². The molecule has 2 heterocycles. The number of rotatable bonds is 6. The Balaban J connectivity index is 1.42. The molecule has 1 aliphatic rings. The Morgan fingerprint density at radius 2 is 1.93 bits per heavy atom. The van der Waals surface area contributed by atoms with E-state index < -0.39 is 0 Å². The molecule has 1 unspecified atom stereocenters. The van der Waals surface area contributed by atoms with Gasteiger partial charge in [0.2, 0.25) is 0 Å². The first-order chi connectivity index (χ1) is 14.6. The summed E-state index contributed by atoms with van der Waals surface area (Å²) in [6, 6.07) is 17.0. The van der Waals surface area contributed by atoms with Crippen molar-refractivity contribution in [2.75, 3.05) is 13.1 Å². The smallest absolute Gasteiger partial charge is 0.273 e. The first-order valence-electron chi connectivity index (χ1n) is 10.6. The summed E-state index contributed by atoms with van der Waals surface area (Å²) >= 11 is 0. The van der Waals surface area contributed by atoms with Crippen LogP contribution >= 0.6 is 0 Å². The number of hydrogen-bond donors (Lipinski definition) is 1. The molecule has 0 spiro atoms. The summed E-state index contributed by atoms with van der Waals surface area (Å²) in [5.74, 6) is -0.165. The summed E-state index contributed by atoms with van der Waals surface area (Å²) in [6.45, 7) is 8.66. The van der Waals surface area contributed by atoms with Crippen molar-refractivity contribution in [1.29, 1.82) is 0 Å². The highest BCUT2D eigenvalue weighted by atomic mass is 16.2. The summed E-state index contributed by atoms with van der Waals surface area (Å²) < 4.78 is 1.72. The number of fused-ring (bicyclic) bond motifs is 1. The zero-order chi connectivity index (χ0) is 21.1. The molecule has 0 radical (unpaired) electrons. The second-order valence-electron chi connectivity index (χ2n) is 8.04. The Kier molecular flexibility index (Phi) is 5.95. The minimum absolute atomic E-state index is 0.165. The van der Waals surface area contributed by atoms with Crippen LogP contribution in [0.4, 0.5) is 0 Å². The third kappa shape index (κ3) is 4.14. The molecule has 3 aromatic rings. The summed E-state index contributed by atoms with van der Waals surface area (Å²) in [5, 5.41) is 11.5. The van der Waals surface area contributed by atoms with Gasteiger partial charge in [0.15, 0.2) is 5.69 Å². The van der Waals surface area contributed by atoms with Crippen molar-refractivity contribution in [2.45, 2.75) is 46.2 Å². The normalized spacial score (nSPS) is 14.9. The predicted octanol–water partition coefficient (Wildman–Crippen LogP) is 3.45. The van der Waals surface area contributed by atoms with Gasteiger partial charge < -0.3 is 5.32 Å². The highest BCUT2D eigenvalue weighted by molar-refractivity contribution is 5.93. The maximum Gasteiger partial charge on any atom is 0.273 e. The van der Waals surface area contributed by atoms with Gasteiger partial charge in [-0.05, 0) is 55.5 Å². The average Bonchev–Trinajstić information content (AvgIpc) is 3.15. The molecule has 1 aliphatic heterocycles.